The molecule has 0 radical (unpaired) electrons. The van der Waals surface area contributed by atoms with Crippen molar-refractivity contribution in [3.63, 3.8) is 0 Å². The number of thioether (sulfide) groups is 1. The van der Waals surface area contributed by atoms with Crippen LogP contribution in [0.15, 0.2) is 47.4 Å². The molecule has 0 bridgehead atoms. The van der Waals surface area contributed by atoms with Crippen LogP contribution >= 0.6 is 11.8 Å². The molecular formula is C22H26N2O4S. The van der Waals surface area contributed by atoms with Crippen LogP contribution < -0.4 is 14.4 Å². The maximum absolute atomic E-state index is 13.4. The Morgan fingerprint density at radius 1 is 1.14 bits per heavy atom. The standard InChI is InChI=1S/C22H26N2O4S/c1-6-24-16-9-7-8-10-19(16)29-22(2,21(24)26)20(25)23(3)14-15-11-12-17(27-4)18(13-15)28-5/h7-13H,6,14H2,1-5H3. The predicted octanol–water partition coefficient (Wildman–Crippen LogP) is 3.58. The highest BCUT2D eigenvalue weighted by molar-refractivity contribution is 8.02. The minimum Gasteiger partial charge on any atom is -0.493 e. The van der Waals surface area contributed by atoms with Gasteiger partial charge in [-0.3, -0.25) is 9.59 Å². The van der Waals surface area contributed by atoms with Crippen molar-refractivity contribution in [2.45, 2.75) is 30.0 Å². The summed E-state index contributed by atoms with van der Waals surface area (Å²) in [7, 11) is 4.87. The van der Waals surface area contributed by atoms with Crippen LogP contribution in [0.1, 0.15) is 19.4 Å². The number of para-hydroxylation sites is 1. The number of nitrogens with zero attached hydrogens (tertiary/aromatic N) is 2. The quantitative estimate of drug-likeness (QED) is 0.676. The van der Waals surface area contributed by atoms with E-state index in [4.69, 9.17) is 9.47 Å². The zero-order valence-electron chi connectivity index (χ0n) is 17.4. The van der Waals surface area contributed by atoms with Crippen molar-refractivity contribution in [2.75, 3.05) is 32.7 Å². The SMILES string of the molecule is CCN1C(=O)C(C)(C(=O)N(C)Cc2ccc(OC)c(OC)c2)Sc2ccccc21. The smallest absolute Gasteiger partial charge is 0.252 e. The molecule has 1 atom stereocenters. The van der Waals surface area contributed by atoms with Crippen molar-refractivity contribution in [1.29, 1.82) is 0 Å². The molecule has 154 valence electrons. The number of benzene rings is 2. The normalized spacial score (nSPS) is 18.2. The second kappa shape index (κ2) is 8.37. The van der Waals surface area contributed by atoms with Crippen LogP contribution in [-0.4, -0.2) is 49.3 Å². The molecule has 2 aromatic carbocycles. The molecule has 0 saturated carbocycles. The van der Waals surface area contributed by atoms with Gasteiger partial charge in [0.1, 0.15) is 0 Å². The van der Waals surface area contributed by atoms with E-state index < -0.39 is 4.75 Å². The third kappa shape index (κ3) is 3.79. The lowest BCUT2D eigenvalue weighted by atomic mass is 10.1. The zero-order valence-corrected chi connectivity index (χ0v) is 18.2. The van der Waals surface area contributed by atoms with E-state index in [1.54, 1.807) is 38.0 Å². The van der Waals surface area contributed by atoms with Gasteiger partial charge >= 0.3 is 0 Å². The van der Waals surface area contributed by atoms with Gasteiger partial charge in [-0.1, -0.05) is 30.0 Å². The zero-order chi connectivity index (χ0) is 21.2. The summed E-state index contributed by atoms with van der Waals surface area (Å²) in [5, 5.41) is 0. The first-order valence-electron chi connectivity index (χ1n) is 9.42. The van der Waals surface area contributed by atoms with Crippen LogP contribution in [0.5, 0.6) is 11.5 Å². The van der Waals surface area contributed by atoms with E-state index in [2.05, 4.69) is 0 Å². The van der Waals surface area contributed by atoms with E-state index in [9.17, 15) is 9.59 Å². The Morgan fingerprint density at radius 3 is 2.48 bits per heavy atom. The number of hydrogen-bond donors (Lipinski definition) is 0. The Labute approximate surface area is 175 Å². The summed E-state index contributed by atoms with van der Waals surface area (Å²) in [4.78, 5) is 30.8. The summed E-state index contributed by atoms with van der Waals surface area (Å²) in [5.74, 6) is 0.819. The maximum Gasteiger partial charge on any atom is 0.252 e. The lowest BCUT2D eigenvalue weighted by Crippen LogP contribution is -2.56. The van der Waals surface area contributed by atoms with Crippen LogP contribution in [0.4, 0.5) is 5.69 Å². The topological polar surface area (TPSA) is 59.1 Å². The number of fused-ring (bicyclic) bond motifs is 1. The monoisotopic (exact) mass is 414 g/mol. The second-order valence-corrected chi connectivity index (χ2v) is 8.46. The minimum atomic E-state index is -1.21. The van der Waals surface area contributed by atoms with Gasteiger partial charge in [-0.15, -0.1) is 0 Å². The average Bonchev–Trinajstić information content (AvgIpc) is 2.74. The first-order valence-corrected chi connectivity index (χ1v) is 10.2. The van der Waals surface area contributed by atoms with E-state index in [0.29, 0.717) is 24.6 Å². The van der Waals surface area contributed by atoms with Gasteiger partial charge in [0.05, 0.1) is 19.9 Å². The molecule has 0 aliphatic carbocycles. The molecule has 6 nitrogen and oxygen atoms in total. The highest BCUT2D eigenvalue weighted by Crippen LogP contribution is 2.46. The van der Waals surface area contributed by atoms with Gasteiger partial charge in [0.2, 0.25) is 5.91 Å². The number of ether oxygens (including phenoxy) is 2. The van der Waals surface area contributed by atoms with Gasteiger partial charge in [-0.05, 0) is 43.7 Å². The highest BCUT2D eigenvalue weighted by atomic mass is 32.2. The third-order valence-electron chi connectivity index (χ3n) is 5.06. The first-order chi connectivity index (χ1) is 13.8. The molecule has 2 aromatic rings. The fourth-order valence-corrected chi connectivity index (χ4v) is 4.84. The van der Waals surface area contributed by atoms with E-state index in [0.717, 1.165) is 16.1 Å². The molecule has 0 fully saturated rings. The molecule has 1 aliphatic rings. The largest absolute Gasteiger partial charge is 0.493 e. The summed E-state index contributed by atoms with van der Waals surface area (Å²) in [5.41, 5.74) is 1.75. The molecule has 7 heteroatoms. The van der Waals surface area contributed by atoms with E-state index in [1.165, 1.54) is 11.8 Å². The van der Waals surface area contributed by atoms with Crippen LogP contribution in [0.25, 0.3) is 0 Å². The Morgan fingerprint density at radius 2 is 1.83 bits per heavy atom. The third-order valence-corrected chi connectivity index (χ3v) is 6.38. The van der Waals surface area contributed by atoms with Crippen molar-refractivity contribution >= 4 is 29.3 Å². The number of methoxy groups -OCH3 is 2. The summed E-state index contributed by atoms with van der Waals surface area (Å²) in [6.07, 6.45) is 0. The highest BCUT2D eigenvalue weighted by Gasteiger charge is 2.50. The van der Waals surface area contributed by atoms with Crippen molar-refractivity contribution in [3.05, 3.63) is 48.0 Å². The van der Waals surface area contributed by atoms with Crippen molar-refractivity contribution in [3.8, 4) is 11.5 Å². The Balaban J connectivity index is 1.86. The van der Waals surface area contributed by atoms with Gasteiger partial charge in [0, 0.05) is 25.0 Å². The molecule has 3 rings (SSSR count). The second-order valence-electron chi connectivity index (χ2n) is 7.00. The van der Waals surface area contributed by atoms with Gasteiger partial charge in [0.15, 0.2) is 16.2 Å². The van der Waals surface area contributed by atoms with Crippen LogP contribution in [0, 0.1) is 0 Å². The van der Waals surface area contributed by atoms with Crippen LogP contribution in [0.2, 0.25) is 0 Å². The molecular weight excluding hydrogens is 388 g/mol. The molecule has 1 aliphatic heterocycles. The molecule has 1 heterocycles. The maximum atomic E-state index is 13.4. The minimum absolute atomic E-state index is 0.187. The van der Waals surface area contributed by atoms with Gasteiger partial charge < -0.3 is 19.3 Å². The Hall–Kier alpha value is -2.67. The van der Waals surface area contributed by atoms with Gasteiger partial charge in [-0.25, -0.2) is 0 Å². The van der Waals surface area contributed by atoms with Gasteiger partial charge in [-0.2, -0.15) is 0 Å². The summed E-state index contributed by atoms with van der Waals surface area (Å²) >= 11 is 1.32. The average molecular weight is 415 g/mol. The predicted molar refractivity (Wildman–Crippen MR) is 115 cm³/mol. The Bertz CT molecular complexity index is 933. The lowest BCUT2D eigenvalue weighted by Gasteiger charge is -2.40. The summed E-state index contributed by atoms with van der Waals surface area (Å²) < 4.78 is 9.40. The number of anilines is 1. The molecule has 0 aromatic heterocycles. The fraction of sp³-hybridized carbons (Fsp3) is 0.364. The van der Waals surface area contributed by atoms with E-state index in [1.807, 2.05) is 49.4 Å². The van der Waals surface area contributed by atoms with E-state index >= 15 is 0 Å². The lowest BCUT2D eigenvalue weighted by molar-refractivity contribution is -0.137. The van der Waals surface area contributed by atoms with Crippen molar-refractivity contribution < 1.29 is 19.1 Å². The molecule has 2 amide bonds. The summed E-state index contributed by atoms with van der Waals surface area (Å²) in [6.45, 7) is 4.50. The molecule has 0 N–H and O–H groups in total. The summed E-state index contributed by atoms with van der Waals surface area (Å²) in [6, 6.07) is 13.2. The number of hydrogen-bond acceptors (Lipinski definition) is 5. The first kappa shape index (κ1) is 21.0. The number of rotatable bonds is 6. The number of amides is 2. The molecule has 0 saturated heterocycles. The van der Waals surface area contributed by atoms with Crippen LogP contribution in [-0.2, 0) is 16.1 Å². The number of carbonyl (C=O) groups excluding carboxylic acids is 2. The Kier molecular flexibility index (Phi) is 6.07. The molecule has 1 unspecified atom stereocenters. The van der Waals surface area contributed by atoms with Crippen LogP contribution in [0.3, 0.4) is 0 Å². The molecule has 0 spiro atoms. The van der Waals surface area contributed by atoms with Crippen molar-refractivity contribution in [2.24, 2.45) is 0 Å². The van der Waals surface area contributed by atoms with Crippen molar-refractivity contribution in [1.82, 2.24) is 4.90 Å². The van der Waals surface area contributed by atoms with E-state index in [-0.39, 0.29) is 11.8 Å². The van der Waals surface area contributed by atoms with Gasteiger partial charge in [0.25, 0.3) is 5.91 Å². The number of carbonyl (C=O) groups is 2. The fourth-order valence-electron chi connectivity index (χ4n) is 3.53. The molecule has 29 heavy (non-hydrogen) atoms.